The molecule has 1 fully saturated rings. The van der Waals surface area contributed by atoms with Crippen LogP contribution in [0.2, 0.25) is 0 Å². The van der Waals surface area contributed by atoms with Gasteiger partial charge in [-0.2, -0.15) is 0 Å². The Morgan fingerprint density at radius 3 is 2.73 bits per heavy atom. The molecule has 0 aliphatic carbocycles. The number of hydrogen-bond acceptors (Lipinski definition) is 2. The van der Waals surface area contributed by atoms with Crippen LogP contribution in [0, 0.1) is 5.82 Å². The molecule has 0 spiro atoms. The maximum absolute atomic E-state index is 12.6. The second-order valence-corrected chi connectivity index (χ2v) is 3.57. The first-order chi connectivity index (χ1) is 7.24. The van der Waals surface area contributed by atoms with Gasteiger partial charge in [0.2, 0.25) is 5.91 Å². The minimum Gasteiger partial charge on any atom is -0.491 e. The Kier molecular flexibility index (Phi) is 2.85. The van der Waals surface area contributed by atoms with Crippen LogP contribution in [-0.2, 0) is 4.79 Å². The van der Waals surface area contributed by atoms with Crippen molar-refractivity contribution in [3.8, 4) is 5.75 Å². The summed E-state index contributed by atoms with van der Waals surface area (Å²) in [6.45, 7) is 0.442. The van der Waals surface area contributed by atoms with E-state index in [1.54, 1.807) is 12.1 Å². The molecular formula is C11H12FNO2. The fourth-order valence-electron chi connectivity index (χ4n) is 1.53. The van der Waals surface area contributed by atoms with Crippen LogP contribution < -0.4 is 10.1 Å². The summed E-state index contributed by atoms with van der Waals surface area (Å²) in [4.78, 5) is 10.9. The van der Waals surface area contributed by atoms with Gasteiger partial charge in [-0.25, -0.2) is 4.39 Å². The molecule has 1 saturated heterocycles. The van der Waals surface area contributed by atoms with Crippen LogP contribution in [0.4, 0.5) is 4.39 Å². The van der Waals surface area contributed by atoms with Crippen LogP contribution in [-0.4, -0.2) is 18.6 Å². The van der Waals surface area contributed by atoms with Gasteiger partial charge in [0.1, 0.15) is 18.2 Å². The molecule has 0 saturated carbocycles. The van der Waals surface area contributed by atoms with Gasteiger partial charge in [0.15, 0.2) is 0 Å². The van der Waals surface area contributed by atoms with Crippen molar-refractivity contribution < 1.29 is 13.9 Å². The Morgan fingerprint density at radius 1 is 1.40 bits per heavy atom. The zero-order valence-corrected chi connectivity index (χ0v) is 8.20. The second-order valence-electron chi connectivity index (χ2n) is 3.57. The van der Waals surface area contributed by atoms with Crippen LogP contribution in [0.25, 0.3) is 0 Å². The second kappa shape index (κ2) is 4.29. The lowest BCUT2D eigenvalue weighted by atomic mass is 10.2. The summed E-state index contributed by atoms with van der Waals surface area (Å²) in [6, 6.07) is 5.94. The normalized spacial score (nSPS) is 20.1. The Morgan fingerprint density at radius 2 is 2.13 bits per heavy atom. The van der Waals surface area contributed by atoms with Crippen LogP contribution in [0.5, 0.6) is 5.75 Å². The molecule has 0 aromatic heterocycles. The van der Waals surface area contributed by atoms with Crippen molar-refractivity contribution in [2.75, 3.05) is 6.61 Å². The van der Waals surface area contributed by atoms with E-state index in [9.17, 15) is 9.18 Å². The highest BCUT2D eigenvalue weighted by Gasteiger charge is 2.20. The molecule has 1 atom stereocenters. The Balaban J connectivity index is 1.83. The van der Waals surface area contributed by atoms with Gasteiger partial charge in [-0.3, -0.25) is 4.79 Å². The largest absolute Gasteiger partial charge is 0.491 e. The average molecular weight is 209 g/mol. The number of hydrogen-bond donors (Lipinski definition) is 1. The minimum absolute atomic E-state index is 0.0720. The lowest BCUT2D eigenvalue weighted by Gasteiger charge is -2.11. The number of nitrogens with one attached hydrogen (secondary N) is 1. The third-order valence-electron chi connectivity index (χ3n) is 2.35. The summed E-state index contributed by atoms with van der Waals surface area (Å²) in [5.74, 6) is 0.414. The van der Waals surface area contributed by atoms with Crippen molar-refractivity contribution in [1.29, 1.82) is 0 Å². The van der Waals surface area contributed by atoms with Crippen molar-refractivity contribution in [2.45, 2.75) is 18.9 Å². The first-order valence-electron chi connectivity index (χ1n) is 4.92. The molecular weight excluding hydrogens is 197 g/mol. The molecule has 4 heteroatoms. The zero-order chi connectivity index (χ0) is 10.7. The molecule has 80 valence electrons. The van der Waals surface area contributed by atoms with E-state index in [1.165, 1.54) is 12.1 Å². The highest BCUT2D eigenvalue weighted by atomic mass is 19.1. The van der Waals surface area contributed by atoms with Crippen molar-refractivity contribution >= 4 is 5.91 Å². The molecule has 2 rings (SSSR count). The molecule has 1 aliphatic rings. The maximum atomic E-state index is 12.6. The third-order valence-corrected chi connectivity index (χ3v) is 2.35. The predicted octanol–water partition coefficient (Wildman–Crippen LogP) is 1.48. The van der Waals surface area contributed by atoms with Crippen LogP contribution in [0.15, 0.2) is 24.3 Å². The quantitative estimate of drug-likeness (QED) is 0.818. The summed E-state index contributed by atoms with van der Waals surface area (Å²) in [7, 11) is 0. The van der Waals surface area contributed by atoms with Crippen molar-refractivity contribution in [2.24, 2.45) is 0 Å². The molecule has 0 radical (unpaired) electrons. The summed E-state index contributed by atoms with van der Waals surface area (Å²) in [6.07, 6.45) is 1.37. The zero-order valence-electron chi connectivity index (χ0n) is 8.20. The number of ether oxygens (including phenoxy) is 1. The van der Waals surface area contributed by atoms with E-state index in [-0.39, 0.29) is 17.8 Å². The number of halogens is 1. The van der Waals surface area contributed by atoms with Gasteiger partial charge in [-0.15, -0.1) is 0 Å². The standard InChI is InChI=1S/C11H12FNO2/c12-8-1-4-10(5-2-8)15-7-9-3-6-11(14)13-9/h1-2,4-5,9H,3,6-7H2,(H,13,14)/t9-/m0/s1. The van der Waals surface area contributed by atoms with Crippen molar-refractivity contribution in [3.05, 3.63) is 30.1 Å². The summed E-state index contributed by atoms with van der Waals surface area (Å²) in [5.41, 5.74) is 0. The van der Waals surface area contributed by atoms with Crippen LogP contribution in [0.1, 0.15) is 12.8 Å². The van der Waals surface area contributed by atoms with Crippen molar-refractivity contribution in [1.82, 2.24) is 5.32 Å². The number of rotatable bonds is 3. The van der Waals surface area contributed by atoms with E-state index in [0.29, 0.717) is 18.8 Å². The topological polar surface area (TPSA) is 38.3 Å². The lowest BCUT2D eigenvalue weighted by molar-refractivity contribution is -0.119. The molecule has 1 aromatic carbocycles. The SMILES string of the molecule is O=C1CC[C@@H](COc2ccc(F)cc2)N1. The average Bonchev–Trinajstić information content (AvgIpc) is 2.64. The van der Waals surface area contributed by atoms with Gasteiger partial charge in [0.05, 0.1) is 6.04 Å². The van der Waals surface area contributed by atoms with Gasteiger partial charge in [-0.1, -0.05) is 0 Å². The molecule has 1 N–H and O–H groups in total. The molecule has 0 unspecified atom stereocenters. The number of carbonyl (C=O) groups excluding carboxylic acids is 1. The first-order valence-corrected chi connectivity index (χ1v) is 4.92. The summed E-state index contributed by atoms with van der Waals surface area (Å²) >= 11 is 0. The highest BCUT2D eigenvalue weighted by molar-refractivity contribution is 5.78. The van der Waals surface area contributed by atoms with Crippen LogP contribution >= 0.6 is 0 Å². The Labute approximate surface area is 87.2 Å². The number of benzene rings is 1. The van der Waals surface area contributed by atoms with Gasteiger partial charge in [0.25, 0.3) is 0 Å². The molecule has 1 aromatic rings. The Bertz CT molecular complexity index is 350. The molecule has 3 nitrogen and oxygen atoms in total. The molecule has 1 heterocycles. The number of amides is 1. The van der Waals surface area contributed by atoms with Crippen molar-refractivity contribution in [3.63, 3.8) is 0 Å². The molecule has 1 aliphatic heterocycles. The van der Waals surface area contributed by atoms with Crippen LogP contribution in [0.3, 0.4) is 0 Å². The van der Waals surface area contributed by atoms with E-state index >= 15 is 0 Å². The maximum Gasteiger partial charge on any atom is 0.220 e. The summed E-state index contributed by atoms with van der Waals surface area (Å²) in [5, 5.41) is 2.80. The van der Waals surface area contributed by atoms with E-state index in [2.05, 4.69) is 5.32 Å². The highest BCUT2D eigenvalue weighted by Crippen LogP contribution is 2.13. The monoisotopic (exact) mass is 209 g/mol. The third kappa shape index (κ3) is 2.68. The van der Waals surface area contributed by atoms with Gasteiger partial charge in [0, 0.05) is 6.42 Å². The van der Waals surface area contributed by atoms with Gasteiger partial charge >= 0.3 is 0 Å². The van der Waals surface area contributed by atoms with Gasteiger partial charge < -0.3 is 10.1 Å². The van der Waals surface area contributed by atoms with E-state index in [4.69, 9.17) is 4.74 Å². The first kappa shape index (κ1) is 9.96. The summed E-state index contributed by atoms with van der Waals surface area (Å²) < 4.78 is 18.0. The Hall–Kier alpha value is -1.58. The van der Waals surface area contributed by atoms with Gasteiger partial charge in [-0.05, 0) is 30.7 Å². The minimum atomic E-state index is -0.281. The predicted molar refractivity (Wildman–Crippen MR) is 53.1 cm³/mol. The molecule has 0 bridgehead atoms. The molecule has 15 heavy (non-hydrogen) atoms. The fourth-order valence-corrected chi connectivity index (χ4v) is 1.53. The van der Waals surface area contributed by atoms with E-state index in [0.717, 1.165) is 6.42 Å². The fraction of sp³-hybridized carbons (Fsp3) is 0.364. The van der Waals surface area contributed by atoms with E-state index < -0.39 is 0 Å². The molecule has 1 amide bonds. The lowest BCUT2D eigenvalue weighted by Crippen LogP contribution is -2.30. The van der Waals surface area contributed by atoms with E-state index in [1.807, 2.05) is 0 Å². The number of carbonyl (C=O) groups is 1. The smallest absolute Gasteiger partial charge is 0.220 e.